The summed E-state index contributed by atoms with van der Waals surface area (Å²) in [4.78, 5) is 25.0. The van der Waals surface area contributed by atoms with E-state index in [0.717, 1.165) is 32.2 Å². The van der Waals surface area contributed by atoms with Crippen LogP contribution in [0.1, 0.15) is 46.0 Å². The predicted molar refractivity (Wildman–Crippen MR) is 108 cm³/mol. The zero-order chi connectivity index (χ0) is 20.3. The molecule has 1 aromatic carbocycles. The monoisotopic (exact) mass is 404 g/mol. The number of nitrogens with one attached hydrogen (secondary N) is 2. The summed E-state index contributed by atoms with van der Waals surface area (Å²) in [6, 6.07) is 8.24. The number of carbonyl (C=O) groups is 1. The molecule has 150 valence electrons. The van der Waals surface area contributed by atoms with Crippen molar-refractivity contribution in [2.75, 3.05) is 24.7 Å². The van der Waals surface area contributed by atoms with E-state index in [1.54, 1.807) is 37.3 Å². The van der Waals surface area contributed by atoms with Gasteiger partial charge in [0.15, 0.2) is 9.84 Å². The Balaban J connectivity index is 1.76. The fourth-order valence-electron chi connectivity index (χ4n) is 3.38. The van der Waals surface area contributed by atoms with Crippen LogP contribution in [0.25, 0.3) is 0 Å². The van der Waals surface area contributed by atoms with Gasteiger partial charge in [0.25, 0.3) is 5.91 Å². The molecule has 2 aromatic rings. The number of piperidine rings is 1. The van der Waals surface area contributed by atoms with Gasteiger partial charge in [-0.05, 0) is 55.6 Å². The number of sulfone groups is 1. The lowest BCUT2D eigenvalue weighted by Crippen LogP contribution is -2.30. The summed E-state index contributed by atoms with van der Waals surface area (Å²) >= 11 is 0. The highest BCUT2D eigenvalue weighted by Gasteiger charge is 2.22. The largest absolute Gasteiger partial charge is 0.427 e. The summed E-state index contributed by atoms with van der Waals surface area (Å²) in [6.45, 7) is 3.44. The lowest BCUT2D eigenvalue weighted by molar-refractivity contribution is 0.102. The van der Waals surface area contributed by atoms with Crippen molar-refractivity contribution in [3.05, 3.63) is 63.2 Å². The smallest absolute Gasteiger partial charge is 0.349 e. The molecular formula is C20H24N2O5S. The lowest BCUT2D eigenvalue weighted by Gasteiger charge is -2.22. The maximum Gasteiger partial charge on any atom is 0.349 e. The fourth-order valence-corrected chi connectivity index (χ4v) is 4.18. The molecule has 1 amide bonds. The first-order valence-electron chi connectivity index (χ1n) is 9.16. The molecule has 1 aliphatic rings. The first kappa shape index (κ1) is 20.3. The van der Waals surface area contributed by atoms with Gasteiger partial charge >= 0.3 is 5.63 Å². The highest BCUT2D eigenvalue weighted by Crippen LogP contribution is 2.24. The Morgan fingerprint density at radius 2 is 2.00 bits per heavy atom. The summed E-state index contributed by atoms with van der Waals surface area (Å²) in [5.74, 6) is 0.132. The molecular weight excluding hydrogens is 380 g/mol. The Bertz CT molecular complexity index is 1020. The molecule has 2 N–H and O–H groups in total. The lowest BCUT2D eigenvalue weighted by atomic mass is 9.95. The van der Waals surface area contributed by atoms with Crippen molar-refractivity contribution in [1.29, 1.82) is 0 Å². The van der Waals surface area contributed by atoms with Gasteiger partial charge in [-0.1, -0.05) is 12.1 Å². The molecule has 7 nitrogen and oxygen atoms in total. The van der Waals surface area contributed by atoms with E-state index >= 15 is 0 Å². The normalized spacial score (nSPS) is 17.3. The molecule has 8 heteroatoms. The first-order valence-corrected chi connectivity index (χ1v) is 11.2. The third-order valence-electron chi connectivity index (χ3n) is 4.73. The van der Waals surface area contributed by atoms with Crippen LogP contribution in [0, 0.1) is 6.92 Å². The van der Waals surface area contributed by atoms with Crippen LogP contribution < -0.4 is 16.3 Å². The quantitative estimate of drug-likeness (QED) is 0.792. The zero-order valence-electron chi connectivity index (χ0n) is 15.9. The molecule has 1 fully saturated rings. The Labute approximate surface area is 164 Å². The van der Waals surface area contributed by atoms with Gasteiger partial charge in [-0.25, -0.2) is 13.2 Å². The second-order valence-electron chi connectivity index (χ2n) is 7.26. The minimum absolute atomic E-state index is 0.0206. The van der Waals surface area contributed by atoms with Gasteiger partial charge < -0.3 is 15.1 Å². The standard InChI is InChI=1S/C20H24N2O5S/c1-13-10-17(15-4-3-9-21-11-15)27-20(24)18(13)19(23)22-16-7-5-14(6-8-16)12-28(2,25)26/h5-8,10,15,21H,3-4,9,11-12H2,1-2H3,(H,22,23). The maximum atomic E-state index is 12.6. The van der Waals surface area contributed by atoms with Gasteiger partial charge in [-0.3, -0.25) is 4.79 Å². The Hall–Kier alpha value is -2.45. The molecule has 0 radical (unpaired) electrons. The van der Waals surface area contributed by atoms with E-state index in [4.69, 9.17) is 4.42 Å². The zero-order valence-corrected chi connectivity index (χ0v) is 16.8. The van der Waals surface area contributed by atoms with Gasteiger partial charge in [0.2, 0.25) is 0 Å². The van der Waals surface area contributed by atoms with Crippen molar-refractivity contribution < 1.29 is 17.6 Å². The topological polar surface area (TPSA) is 105 Å². The van der Waals surface area contributed by atoms with E-state index in [9.17, 15) is 18.0 Å². The molecule has 1 aromatic heterocycles. The van der Waals surface area contributed by atoms with Gasteiger partial charge in [0.1, 0.15) is 11.3 Å². The van der Waals surface area contributed by atoms with Crippen LogP contribution in [0.15, 0.2) is 39.5 Å². The minimum atomic E-state index is -3.13. The number of hydrogen-bond donors (Lipinski definition) is 2. The second-order valence-corrected chi connectivity index (χ2v) is 9.40. The van der Waals surface area contributed by atoms with Crippen molar-refractivity contribution in [2.45, 2.75) is 31.4 Å². The Morgan fingerprint density at radius 3 is 2.57 bits per heavy atom. The van der Waals surface area contributed by atoms with Crippen molar-refractivity contribution in [3.63, 3.8) is 0 Å². The average Bonchev–Trinajstić information content (AvgIpc) is 2.62. The van der Waals surface area contributed by atoms with E-state index in [2.05, 4.69) is 10.6 Å². The molecule has 0 bridgehead atoms. The van der Waals surface area contributed by atoms with Crippen molar-refractivity contribution in [1.82, 2.24) is 5.32 Å². The molecule has 2 heterocycles. The number of rotatable bonds is 5. The van der Waals surface area contributed by atoms with Gasteiger partial charge in [-0.15, -0.1) is 0 Å². The van der Waals surface area contributed by atoms with Gasteiger partial charge in [-0.2, -0.15) is 0 Å². The van der Waals surface area contributed by atoms with Gasteiger partial charge in [0, 0.05) is 24.4 Å². The first-order chi connectivity index (χ1) is 13.2. The molecule has 1 saturated heterocycles. The molecule has 28 heavy (non-hydrogen) atoms. The molecule has 0 spiro atoms. The highest BCUT2D eigenvalue weighted by molar-refractivity contribution is 7.89. The van der Waals surface area contributed by atoms with Crippen LogP contribution in [0.3, 0.4) is 0 Å². The van der Waals surface area contributed by atoms with Crippen LogP contribution >= 0.6 is 0 Å². The Kier molecular flexibility index (Phi) is 6.00. The second kappa shape index (κ2) is 8.28. The van der Waals surface area contributed by atoms with Crippen LogP contribution in [0.5, 0.6) is 0 Å². The maximum absolute atomic E-state index is 12.6. The number of anilines is 1. The third-order valence-corrected chi connectivity index (χ3v) is 5.59. The van der Waals surface area contributed by atoms with Crippen molar-refractivity contribution in [3.8, 4) is 0 Å². The Morgan fingerprint density at radius 1 is 1.29 bits per heavy atom. The number of carbonyl (C=O) groups excluding carboxylic acids is 1. The highest BCUT2D eigenvalue weighted by atomic mass is 32.2. The summed E-state index contributed by atoms with van der Waals surface area (Å²) < 4.78 is 28.1. The van der Waals surface area contributed by atoms with E-state index in [1.807, 2.05) is 0 Å². The number of amides is 1. The summed E-state index contributed by atoms with van der Waals surface area (Å²) in [6.07, 6.45) is 3.13. The molecule has 1 unspecified atom stereocenters. The summed E-state index contributed by atoms with van der Waals surface area (Å²) in [7, 11) is -3.13. The summed E-state index contributed by atoms with van der Waals surface area (Å²) in [5.41, 5.74) is 1.01. The van der Waals surface area contributed by atoms with E-state index in [0.29, 0.717) is 22.6 Å². The molecule has 0 saturated carbocycles. The van der Waals surface area contributed by atoms with Crippen LogP contribution in [0.2, 0.25) is 0 Å². The van der Waals surface area contributed by atoms with Crippen LogP contribution in [0.4, 0.5) is 5.69 Å². The number of benzene rings is 1. The predicted octanol–water partition coefficient (Wildman–Crippen LogP) is 2.21. The van der Waals surface area contributed by atoms with Crippen molar-refractivity contribution in [2.24, 2.45) is 0 Å². The van der Waals surface area contributed by atoms with Crippen molar-refractivity contribution >= 4 is 21.4 Å². The van der Waals surface area contributed by atoms with E-state index < -0.39 is 21.4 Å². The minimum Gasteiger partial charge on any atom is -0.427 e. The molecule has 1 atom stereocenters. The van der Waals surface area contributed by atoms with Crippen LogP contribution in [-0.4, -0.2) is 33.7 Å². The van der Waals surface area contributed by atoms with Gasteiger partial charge in [0.05, 0.1) is 5.75 Å². The SMILES string of the molecule is Cc1cc(C2CCCNC2)oc(=O)c1C(=O)Nc1ccc(CS(C)(=O)=O)cc1. The van der Waals surface area contributed by atoms with Crippen LogP contribution in [-0.2, 0) is 15.6 Å². The van der Waals surface area contributed by atoms with E-state index in [1.165, 1.54) is 0 Å². The summed E-state index contributed by atoms with van der Waals surface area (Å²) in [5, 5.41) is 5.95. The number of aryl methyl sites for hydroxylation is 1. The van der Waals surface area contributed by atoms with E-state index in [-0.39, 0.29) is 17.2 Å². The fraction of sp³-hybridized carbons (Fsp3) is 0.400. The third kappa shape index (κ3) is 5.08. The molecule has 3 rings (SSSR count). The number of hydrogen-bond acceptors (Lipinski definition) is 6. The average molecular weight is 404 g/mol. The molecule has 1 aliphatic heterocycles. The molecule has 0 aliphatic carbocycles.